The largest absolute Gasteiger partial charge is 0.507 e. The third-order valence-electron chi connectivity index (χ3n) is 6.48. The van der Waals surface area contributed by atoms with Gasteiger partial charge < -0.3 is 24.6 Å². The molecule has 1 heterocycles. The minimum atomic E-state index is -3.49. The molecule has 39 heavy (non-hydrogen) atoms. The first-order valence-electron chi connectivity index (χ1n) is 13.3. The highest BCUT2D eigenvalue weighted by Crippen LogP contribution is 2.38. The van der Waals surface area contributed by atoms with E-state index in [1.54, 1.807) is 27.7 Å². The van der Waals surface area contributed by atoms with Gasteiger partial charge in [0.15, 0.2) is 0 Å². The number of hydrogen-bond donors (Lipinski definition) is 4. The molecule has 0 radical (unpaired) electrons. The Kier molecular flexibility index (Phi) is 12.2. The van der Waals surface area contributed by atoms with Gasteiger partial charge in [0, 0.05) is 17.7 Å². The molecule has 1 unspecified atom stereocenters. The summed E-state index contributed by atoms with van der Waals surface area (Å²) >= 11 is 0. The second kappa shape index (κ2) is 14.6. The fourth-order valence-corrected chi connectivity index (χ4v) is 6.64. The molecule has 1 aliphatic heterocycles. The predicted molar refractivity (Wildman–Crippen MR) is 148 cm³/mol. The molecule has 11 nitrogen and oxygen atoms in total. The second-order valence-corrected chi connectivity index (χ2v) is 11.8. The Balaban J connectivity index is 2.14. The minimum absolute atomic E-state index is 0.0363. The number of carbonyl (C=O) groups is 3. The molecule has 0 saturated carbocycles. The standard InChI is InChI=1S/C27H42N3O8P/c1-8-20-17(5)22-14-38-27(34)23(22)24(31)21(20)12-11-16(4)13-28-15-39(35,29-18(6)25(32)36-9-2)30-19(7)26(33)37-10-3/h11,18-19,28,31H,8-10,12-15H2,1-7H3,(H2,29,30,35)/b16-11+/t18-,19+,39?. The lowest BCUT2D eigenvalue weighted by molar-refractivity contribution is -0.145. The number of cyclic esters (lactones) is 1. The molecule has 2 rings (SSSR count). The van der Waals surface area contributed by atoms with Crippen LogP contribution in [0.25, 0.3) is 0 Å². The summed E-state index contributed by atoms with van der Waals surface area (Å²) in [7, 11) is -3.49. The number of benzene rings is 1. The van der Waals surface area contributed by atoms with Crippen molar-refractivity contribution >= 4 is 25.4 Å². The molecule has 1 aliphatic rings. The molecule has 12 heteroatoms. The van der Waals surface area contributed by atoms with Gasteiger partial charge in [0.1, 0.15) is 30.0 Å². The fraction of sp³-hybridized carbons (Fsp3) is 0.593. The van der Waals surface area contributed by atoms with Gasteiger partial charge in [0.2, 0.25) is 7.44 Å². The van der Waals surface area contributed by atoms with E-state index in [0.29, 0.717) is 24.9 Å². The summed E-state index contributed by atoms with van der Waals surface area (Å²) in [5, 5.41) is 19.6. The van der Waals surface area contributed by atoms with E-state index < -0.39 is 37.4 Å². The Labute approximate surface area is 230 Å². The van der Waals surface area contributed by atoms with Crippen molar-refractivity contribution in [2.75, 3.05) is 26.0 Å². The quantitative estimate of drug-likeness (QED) is 0.107. The van der Waals surface area contributed by atoms with Crippen molar-refractivity contribution in [3.05, 3.63) is 39.5 Å². The first-order chi connectivity index (χ1) is 18.4. The highest BCUT2D eigenvalue weighted by molar-refractivity contribution is 7.59. The van der Waals surface area contributed by atoms with Crippen LogP contribution in [0.4, 0.5) is 0 Å². The molecule has 0 spiro atoms. The topological polar surface area (TPSA) is 152 Å². The van der Waals surface area contributed by atoms with E-state index in [2.05, 4.69) is 15.5 Å². The Morgan fingerprint density at radius 1 is 1.08 bits per heavy atom. The SMILES string of the molecule is CCOC(=O)[C@H](C)NP(=O)(CNC/C(C)=C/Cc1c(O)c2c(c(C)c1CC)COC2=O)N[C@H](C)C(=O)OCC. The number of rotatable bonds is 15. The second-order valence-electron chi connectivity index (χ2n) is 9.50. The summed E-state index contributed by atoms with van der Waals surface area (Å²) in [6.45, 7) is 13.2. The monoisotopic (exact) mass is 567 g/mol. The van der Waals surface area contributed by atoms with Crippen LogP contribution in [0.5, 0.6) is 5.75 Å². The fourth-order valence-electron chi connectivity index (χ4n) is 4.49. The number of esters is 3. The highest BCUT2D eigenvalue weighted by Gasteiger charge is 2.32. The lowest BCUT2D eigenvalue weighted by atomic mass is 9.89. The summed E-state index contributed by atoms with van der Waals surface area (Å²) in [4.78, 5) is 36.4. The van der Waals surface area contributed by atoms with Gasteiger partial charge in [0.25, 0.3) is 0 Å². The van der Waals surface area contributed by atoms with Gasteiger partial charge in [-0.25, -0.2) is 15.0 Å². The molecule has 4 N–H and O–H groups in total. The molecule has 218 valence electrons. The Morgan fingerprint density at radius 3 is 2.15 bits per heavy atom. The molecule has 0 amide bonds. The summed E-state index contributed by atoms with van der Waals surface area (Å²) in [6, 6.07) is -1.75. The van der Waals surface area contributed by atoms with Crippen LogP contribution in [0.1, 0.15) is 74.2 Å². The Hall–Kier alpha value is -2.72. The summed E-state index contributed by atoms with van der Waals surface area (Å²) in [5.74, 6) is -1.66. The average Bonchev–Trinajstić information content (AvgIpc) is 3.27. The number of allylic oxidation sites excluding steroid dienone is 1. The third kappa shape index (κ3) is 8.38. The highest BCUT2D eigenvalue weighted by atomic mass is 31.2. The molecule has 1 aromatic carbocycles. The van der Waals surface area contributed by atoms with E-state index >= 15 is 0 Å². The van der Waals surface area contributed by atoms with Crippen LogP contribution in [0, 0.1) is 6.92 Å². The van der Waals surface area contributed by atoms with Crippen molar-refractivity contribution in [3.8, 4) is 5.75 Å². The van der Waals surface area contributed by atoms with Gasteiger partial charge >= 0.3 is 17.9 Å². The first-order valence-corrected chi connectivity index (χ1v) is 15.2. The van der Waals surface area contributed by atoms with Crippen molar-refractivity contribution < 1.29 is 38.3 Å². The smallest absolute Gasteiger partial charge is 0.342 e. The normalized spacial score (nSPS) is 16.2. The number of aromatic hydroxyl groups is 1. The molecule has 0 saturated heterocycles. The van der Waals surface area contributed by atoms with Crippen LogP contribution in [-0.4, -0.2) is 61.1 Å². The van der Waals surface area contributed by atoms with Crippen molar-refractivity contribution in [2.45, 2.75) is 80.0 Å². The molecule has 0 bridgehead atoms. The maximum Gasteiger partial charge on any atom is 0.342 e. The number of hydrogen-bond acceptors (Lipinski definition) is 9. The number of ether oxygens (including phenoxy) is 3. The van der Waals surface area contributed by atoms with Crippen molar-refractivity contribution in [3.63, 3.8) is 0 Å². The van der Waals surface area contributed by atoms with Gasteiger partial charge in [0.05, 0.1) is 19.5 Å². The summed E-state index contributed by atoms with van der Waals surface area (Å²) in [5.41, 5.74) is 4.52. The van der Waals surface area contributed by atoms with Crippen molar-refractivity contribution in [1.82, 2.24) is 15.5 Å². The van der Waals surface area contributed by atoms with E-state index in [0.717, 1.165) is 22.3 Å². The Morgan fingerprint density at radius 2 is 1.64 bits per heavy atom. The van der Waals surface area contributed by atoms with Gasteiger partial charge in [-0.3, -0.25) is 14.2 Å². The van der Waals surface area contributed by atoms with Gasteiger partial charge in [-0.1, -0.05) is 18.6 Å². The predicted octanol–water partition coefficient (Wildman–Crippen LogP) is 3.24. The van der Waals surface area contributed by atoms with Crippen LogP contribution in [-0.2, 0) is 47.8 Å². The van der Waals surface area contributed by atoms with Crippen LogP contribution in [0.15, 0.2) is 11.6 Å². The molecular weight excluding hydrogens is 525 g/mol. The average molecular weight is 568 g/mol. The Bertz CT molecular complexity index is 1120. The zero-order valence-corrected chi connectivity index (χ0v) is 24.8. The van der Waals surface area contributed by atoms with Gasteiger partial charge in [-0.15, -0.1) is 0 Å². The van der Waals surface area contributed by atoms with E-state index in [4.69, 9.17) is 14.2 Å². The van der Waals surface area contributed by atoms with E-state index in [-0.39, 0.29) is 37.4 Å². The van der Waals surface area contributed by atoms with E-state index in [9.17, 15) is 24.1 Å². The van der Waals surface area contributed by atoms with Crippen LogP contribution < -0.4 is 15.5 Å². The zero-order valence-electron chi connectivity index (χ0n) is 23.9. The molecule has 3 atom stereocenters. The zero-order chi connectivity index (χ0) is 29.3. The molecule has 0 aliphatic carbocycles. The lowest BCUT2D eigenvalue weighted by Gasteiger charge is -2.26. The summed E-state index contributed by atoms with van der Waals surface area (Å²) < 4.78 is 28.9. The molecule has 0 fully saturated rings. The number of fused-ring (bicyclic) bond motifs is 1. The van der Waals surface area contributed by atoms with Crippen LogP contribution in [0.2, 0.25) is 0 Å². The lowest BCUT2D eigenvalue weighted by Crippen LogP contribution is -2.44. The third-order valence-corrected chi connectivity index (χ3v) is 8.75. The molecule has 0 aromatic heterocycles. The summed E-state index contributed by atoms with van der Waals surface area (Å²) in [6.07, 6.45) is 2.96. The maximum atomic E-state index is 13.7. The molecular formula is C27H42N3O8P. The minimum Gasteiger partial charge on any atom is -0.507 e. The number of phenols is 1. The van der Waals surface area contributed by atoms with Crippen LogP contribution in [0.3, 0.4) is 0 Å². The van der Waals surface area contributed by atoms with Crippen molar-refractivity contribution in [2.24, 2.45) is 0 Å². The number of nitrogens with one attached hydrogen (secondary N) is 3. The maximum absolute atomic E-state index is 13.7. The van der Waals surface area contributed by atoms with Crippen LogP contribution >= 0.6 is 7.44 Å². The van der Waals surface area contributed by atoms with Gasteiger partial charge in [-0.05, 0) is 65.5 Å². The van der Waals surface area contributed by atoms with E-state index in [1.165, 1.54) is 0 Å². The first kappa shape index (κ1) is 32.5. The number of phenolic OH excluding ortho intramolecular Hbond substituents is 1. The van der Waals surface area contributed by atoms with Gasteiger partial charge in [-0.2, -0.15) is 0 Å². The van der Waals surface area contributed by atoms with E-state index in [1.807, 2.05) is 26.8 Å². The van der Waals surface area contributed by atoms with Crippen molar-refractivity contribution in [1.29, 1.82) is 0 Å². The number of carbonyl (C=O) groups excluding carboxylic acids is 3. The molecule has 1 aromatic rings.